The molecule has 1 saturated heterocycles. The molecule has 168 valence electrons. The zero-order chi connectivity index (χ0) is 22.2. The van der Waals surface area contributed by atoms with Crippen LogP contribution in [0.2, 0.25) is 0 Å². The fourth-order valence-electron chi connectivity index (χ4n) is 3.90. The average molecular weight is 427 g/mol. The molecule has 0 bridgehead atoms. The molecule has 0 aliphatic carbocycles. The van der Waals surface area contributed by atoms with Crippen molar-refractivity contribution in [3.8, 4) is 11.5 Å². The quantitative estimate of drug-likeness (QED) is 0.641. The lowest BCUT2D eigenvalue weighted by Gasteiger charge is -2.37. The van der Waals surface area contributed by atoms with Gasteiger partial charge in [0.05, 0.1) is 18.7 Å². The van der Waals surface area contributed by atoms with Crippen LogP contribution in [0.5, 0.6) is 11.5 Å². The minimum Gasteiger partial charge on any atom is -0.508 e. The zero-order valence-electron chi connectivity index (χ0n) is 18.8. The summed E-state index contributed by atoms with van der Waals surface area (Å²) < 4.78 is 5.99. The highest BCUT2D eigenvalue weighted by Crippen LogP contribution is 2.25. The van der Waals surface area contributed by atoms with E-state index >= 15 is 0 Å². The molecule has 0 unspecified atom stereocenters. The molecule has 7 heteroatoms. The van der Waals surface area contributed by atoms with Crippen LogP contribution < -0.4 is 10.1 Å². The Hall–Kier alpha value is -2.64. The Morgan fingerprint density at radius 2 is 2.00 bits per heavy atom. The fourth-order valence-corrected chi connectivity index (χ4v) is 3.90. The van der Waals surface area contributed by atoms with Crippen LogP contribution in [0.25, 0.3) is 0 Å². The molecule has 1 fully saturated rings. The largest absolute Gasteiger partial charge is 0.508 e. The van der Waals surface area contributed by atoms with Crippen LogP contribution in [0.3, 0.4) is 0 Å². The second kappa shape index (κ2) is 11.1. The van der Waals surface area contributed by atoms with Gasteiger partial charge in [0, 0.05) is 44.3 Å². The van der Waals surface area contributed by atoms with Crippen molar-refractivity contribution in [1.82, 2.24) is 20.1 Å². The number of phenols is 1. The van der Waals surface area contributed by atoms with E-state index in [1.165, 1.54) is 0 Å². The Labute approximate surface area is 185 Å². The molecular formula is C24H34N4O3. The summed E-state index contributed by atoms with van der Waals surface area (Å²) in [6, 6.07) is 11.1. The third kappa shape index (κ3) is 7.52. The first-order chi connectivity index (χ1) is 14.9. The summed E-state index contributed by atoms with van der Waals surface area (Å²) in [6.07, 6.45) is 2.55. The minimum absolute atomic E-state index is 0.0715. The first-order valence-corrected chi connectivity index (χ1v) is 10.9. The van der Waals surface area contributed by atoms with Crippen molar-refractivity contribution < 1.29 is 14.6 Å². The number of likely N-dealkylation sites (N-methyl/N-ethyl adjacent to an activating group) is 1. The molecule has 2 atom stereocenters. The monoisotopic (exact) mass is 426 g/mol. The SMILES string of the molecule is Cc1ccc(OC[C@H]2C[C@@H](C(=O)NCCN(C)C)CN(Cc3ccc(O)cc3)C2)cn1. The van der Waals surface area contributed by atoms with Crippen LogP contribution in [0.1, 0.15) is 17.7 Å². The lowest BCUT2D eigenvalue weighted by atomic mass is 9.88. The highest BCUT2D eigenvalue weighted by molar-refractivity contribution is 5.79. The number of ether oxygens (including phenoxy) is 1. The predicted octanol–water partition coefficient (Wildman–Crippen LogP) is 2.29. The van der Waals surface area contributed by atoms with E-state index in [2.05, 4.69) is 20.1 Å². The van der Waals surface area contributed by atoms with Gasteiger partial charge >= 0.3 is 0 Å². The molecule has 2 N–H and O–H groups in total. The molecule has 3 rings (SSSR count). The van der Waals surface area contributed by atoms with Gasteiger partial charge < -0.3 is 20.1 Å². The molecule has 0 radical (unpaired) electrons. The number of phenolic OH excluding ortho intramolecular Hbond substituents is 1. The molecule has 2 aromatic rings. The fraction of sp³-hybridized carbons (Fsp3) is 0.500. The second-order valence-corrected chi connectivity index (χ2v) is 8.70. The van der Waals surface area contributed by atoms with E-state index in [0.29, 0.717) is 13.2 Å². The third-order valence-electron chi connectivity index (χ3n) is 5.55. The van der Waals surface area contributed by atoms with Crippen LogP contribution >= 0.6 is 0 Å². The summed E-state index contributed by atoms with van der Waals surface area (Å²) >= 11 is 0. The maximum atomic E-state index is 12.8. The standard InChI is InChI=1S/C24H34N4O3/c1-18-4-9-23(13-26-18)31-17-20-12-21(24(30)25-10-11-27(2)3)16-28(15-20)14-19-5-7-22(29)8-6-19/h4-9,13,20-21,29H,10-12,14-17H2,1-3H3,(H,25,30)/t20-,21+/m0/s1. The summed E-state index contributed by atoms with van der Waals surface area (Å²) in [7, 11) is 4.00. The zero-order valence-corrected chi connectivity index (χ0v) is 18.8. The topological polar surface area (TPSA) is 77.9 Å². The van der Waals surface area contributed by atoms with Crippen molar-refractivity contribution in [3.63, 3.8) is 0 Å². The van der Waals surface area contributed by atoms with Crippen LogP contribution in [0.15, 0.2) is 42.6 Å². The molecule has 1 aliphatic heterocycles. The maximum absolute atomic E-state index is 12.8. The summed E-state index contributed by atoms with van der Waals surface area (Å²) in [5, 5.41) is 12.6. The number of hydrogen-bond donors (Lipinski definition) is 2. The van der Waals surface area contributed by atoms with Crippen LogP contribution in [-0.4, -0.2) is 72.7 Å². The van der Waals surface area contributed by atoms with Gasteiger partial charge in [-0.15, -0.1) is 0 Å². The van der Waals surface area contributed by atoms with Gasteiger partial charge in [0.25, 0.3) is 0 Å². The van der Waals surface area contributed by atoms with Gasteiger partial charge in [0.1, 0.15) is 11.5 Å². The van der Waals surface area contributed by atoms with E-state index in [0.717, 1.165) is 49.6 Å². The van der Waals surface area contributed by atoms with Crippen molar-refractivity contribution in [2.75, 3.05) is 46.9 Å². The molecule has 31 heavy (non-hydrogen) atoms. The van der Waals surface area contributed by atoms with Crippen molar-refractivity contribution in [1.29, 1.82) is 0 Å². The van der Waals surface area contributed by atoms with E-state index in [-0.39, 0.29) is 23.5 Å². The molecular weight excluding hydrogens is 392 g/mol. The highest BCUT2D eigenvalue weighted by atomic mass is 16.5. The summed E-state index contributed by atoms with van der Waals surface area (Å²) in [5.41, 5.74) is 2.08. The maximum Gasteiger partial charge on any atom is 0.224 e. The number of likely N-dealkylation sites (tertiary alicyclic amines) is 1. The lowest BCUT2D eigenvalue weighted by Crippen LogP contribution is -2.48. The summed E-state index contributed by atoms with van der Waals surface area (Å²) in [6.45, 7) is 6.30. The summed E-state index contributed by atoms with van der Waals surface area (Å²) in [5.74, 6) is 1.31. The van der Waals surface area contributed by atoms with Gasteiger partial charge in [-0.2, -0.15) is 0 Å². The number of nitrogens with one attached hydrogen (secondary N) is 1. The number of pyridine rings is 1. The number of aromatic nitrogens is 1. The first-order valence-electron chi connectivity index (χ1n) is 10.9. The van der Waals surface area contributed by atoms with E-state index in [1.54, 1.807) is 18.3 Å². The molecule has 7 nitrogen and oxygen atoms in total. The molecule has 1 aliphatic rings. The van der Waals surface area contributed by atoms with Gasteiger partial charge in [-0.3, -0.25) is 14.7 Å². The van der Waals surface area contributed by atoms with E-state index < -0.39 is 0 Å². The Kier molecular flexibility index (Phi) is 8.26. The Morgan fingerprint density at radius 3 is 2.68 bits per heavy atom. The number of piperidine rings is 1. The smallest absolute Gasteiger partial charge is 0.224 e. The van der Waals surface area contributed by atoms with Gasteiger partial charge in [0.15, 0.2) is 0 Å². The van der Waals surface area contributed by atoms with E-state index in [1.807, 2.05) is 45.3 Å². The lowest BCUT2D eigenvalue weighted by molar-refractivity contribution is -0.127. The molecule has 1 aromatic carbocycles. The Bertz CT molecular complexity index is 824. The minimum atomic E-state index is -0.0715. The van der Waals surface area contributed by atoms with Gasteiger partial charge in [-0.1, -0.05) is 12.1 Å². The third-order valence-corrected chi connectivity index (χ3v) is 5.55. The number of benzene rings is 1. The number of aryl methyl sites for hydroxylation is 1. The highest BCUT2D eigenvalue weighted by Gasteiger charge is 2.32. The average Bonchev–Trinajstić information content (AvgIpc) is 2.74. The Morgan fingerprint density at radius 1 is 1.23 bits per heavy atom. The van der Waals surface area contributed by atoms with Crippen molar-refractivity contribution in [2.24, 2.45) is 11.8 Å². The second-order valence-electron chi connectivity index (χ2n) is 8.70. The predicted molar refractivity (Wildman–Crippen MR) is 121 cm³/mol. The molecule has 0 spiro atoms. The van der Waals surface area contributed by atoms with Crippen molar-refractivity contribution in [2.45, 2.75) is 19.9 Å². The Balaban J connectivity index is 1.62. The molecule has 1 amide bonds. The molecule has 0 saturated carbocycles. The van der Waals surface area contributed by atoms with Crippen molar-refractivity contribution >= 4 is 5.91 Å². The number of amides is 1. The van der Waals surface area contributed by atoms with Crippen LogP contribution in [0, 0.1) is 18.8 Å². The van der Waals surface area contributed by atoms with Crippen molar-refractivity contribution in [3.05, 3.63) is 53.9 Å². The van der Waals surface area contributed by atoms with Crippen LogP contribution in [0.4, 0.5) is 0 Å². The van der Waals surface area contributed by atoms with E-state index in [4.69, 9.17) is 4.74 Å². The van der Waals surface area contributed by atoms with E-state index in [9.17, 15) is 9.90 Å². The number of hydrogen-bond acceptors (Lipinski definition) is 6. The van der Waals surface area contributed by atoms with Gasteiger partial charge in [-0.25, -0.2) is 0 Å². The van der Waals surface area contributed by atoms with Crippen LogP contribution in [-0.2, 0) is 11.3 Å². The van der Waals surface area contributed by atoms with Gasteiger partial charge in [0.2, 0.25) is 5.91 Å². The number of carbonyl (C=O) groups excluding carboxylic acids is 1. The number of nitrogens with zero attached hydrogens (tertiary/aromatic N) is 3. The molecule has 1 aromatic heterocycles. The first kappa shape index (κ1) is 23.0. The number of carbonyl (C=O) groups is 1. The number of rotatable bonds is 9. The van der Waals surface area contributed by atoms with Gasteiger partial charge in [-0.05, 0) is 57.3 Å². The molecule has 2 heterocycles. The summed E-state index contributed by atoms with van der Waals surface area (Å²) in [4.78, 5) is 21.5. The normalized spacial score (nSPS) is 19.4. The number of aromatic hydroxyl groups is 1.